The highest BCUT2D eigenvalue weighted by molar-refractivity contribution is 7.89. The number of halogens is 2. The van der Waals surface area contributed by atoms with Gasteiger partial charge in [-0.05, 0) is 23.8 Å². The van der Waals surface area contributed by atoms with Gasteiger partial charge in [0, 0.05) is 17.3 Å². The monoisotopic (exact) mass is 365 g/mol. The summed E-state index contributed by atoms with van der Waals surface area (Å²) in [5.41, 5.74) is 0.909. The minimum atomic E-state index is -4.01. The molecule has 0 amide bonds. The molecule has 0 bridgehead atoms. The van der Waals surface area contributed by atoms with Crippen molar-refractivity contribution < 1.29 is 21.9 Å². The van der Waals surface area contributed by atoms with Crippen LogP contribution < -0.4 is 9.88 Å². The number of nitrogens with one attached hydrogen (secondary N) is 1. The molecule has 0 saturated heterocycles. The van der Waals surface area contributed by atoms with Gasteiger partial charge in [0.05, 0.1) is 12.0 Å². The van der Waals surface area contributed by atoms with E-state index >= 15 is 0 Å². The van der Waals surface area contributed by atoms with Gasteiger partial charge in [0.25, 0.3) is 0 Å². The molecule has 0 saturated carbocycles. The molecule has 6 nitrogen and oxygen atoms in total. The Morgan fingerprint density at radius 3 is 2.36 bits per heavy atom. The lowest BCUT2D eigenvalue weighted by atomic mass is 10.0. The van der Waals surface area contributed by atoms with Crippen LogP contribution in [0.25, 0.3) is 22.4 Å². The number of hydrogen-bond acceptors (Lipinski definition) is 4. The summed E-state index contributed by atoms with van der Waals surface area (Å²) in [5.74, 6) is -2.27. The zero-order valence-electron chi connectivity index (χ0n) is 13.0. The number of primary sulfonamides is 1. The number of sulfonamides is 1. The van der Waals surface area contributed by atoms with Gasteiger partial charge in [-0.15, -0.1) is 0 Å². The predicted octanol–water partition coefficient (Wildman–Crippen LogP) is 2.68. The topological polar surface area (TPSA) is 98.1 Å². The molecular formula is C16H13F2N3O3S. The maximum atomic E-state index is 14.0. The van der Waals surface area contributed by atoms with Gasteiger partial charge < -0.3 is 4.74 Å². The first-order valence-electron chi connectivity index (χ1n) is 7.02. The zero-order valence-corrected chi connectivity index (χ0v) is 13.8. The minimum absolute atomic E-state index is 0.141. The van der Waals surface area contributed by atoms with Crippen molar-refractivity contribution >= 4 is 10.0 Å². The van der Waals surface area contributed by atoms with E-state index in [0.717, 1.165) is 19.2 Å². The Balaban J connectivity index is 2.22. The molecule has 0 spiro atoms. The number of benzene rings is 2. The summed E-state index contributed by atoms with van der Waals surface area (Å²) in [7, 11) is -2.85. The standard InChI is InChI=1S/C16H13F2N3O3S/c1-24-16-12(17)6-9(7-13(16)18)11-8-20-21-15(11)10-4-2-3-5-14(10)25(19,22)23/h2-8H,1H3,(H,20,21)(H2,19,22,23). The third-order valence-corrected chi connectivity index (χ3v) is 4.57. The molecule has 0 radical (unpaired) electrons. The van der Waals surface area contributed by atoms with Crippen LogP contribution in [0.2, 0.25) is 0 Å². The van der Waals surface area contributed by atoms with E-state index in [1.807, 2.05) is 0 Å². The summed E-state index contributed by atoms with van der Waals surface area (Å²) >= 11 is 0. The van der Waals surface area contributed by atoms with Gasteiger partial charge in [-0.25, -0.2) is 22.3 Å². The minimum Gasteiger partial charge on any atom is -0.491 e. The van der Waals surface area contributed by atoms with Crippen molar-refractivity contribution in [2.75, 3.05) is 7.11 Å². The molecule has 0 aliphatic rings. The van der Waals surface area contributed by atoms with Crippen LogP contribution in [-0.4, -0.2) is 25.7 Å². The third kappa shape index (κ3) is 3.11. The van der Waals surface area contributed by atoms with Crippen LogP contribution in [0.5, 0.6) is 5.75 Å². The van der Waals surface area contributed by atoms with Gasteiger partial charge in [0.2, 0.25) is 10.0 Å². The molecular weight excluding hydrogens is 352 g/mol. The van der Waals surface area contributed by atoms with Crippen LogP contribution in [0.4, 0.5) is 8.78 Å². The Labute approximate surface area is 142 Å². The van der Waals surface area contributed by atoms with Gasteiger partial charge in [-0.3, -0.25) is 5.10 Å². The van der Waals surface area contributed by atoms with E-state index < -0.39 is 27.4 Å². The molecule has 3 aromatic rings. The normalized spacial score (nSPS) is 11.5. The molecule has 3 N–H and O–H groups in total. The highest BCUT2D eigenvalue weighted by Crippen LogP contribution is 2.36. The molecule has 3 rings (SSSR count). The summed E-state index contributed by atoms with van der Waals surface area (Å²) in [6, 6.07) is 8.12. The summed E-state index contributed by atoms with van der Waals surface area (Å²) in [6.07, 6.45) is 1.41. The van der Waals surface area contributed by atoms with E-state index in [2.05, 4.69) is 14.9 Å². The van der Waals surface area contributed by atoms with E-state index in [9.17, 15) is 17.2 Å². The largest absolute Gasteiger partial charge is 0.491 e. The second-order valence-electron chi connectivity index (χ2n) is 5.16. The maximum absolute atomic E-state index is 14.0. The Bertz CT molecular complexity index is 1030. The summed E-state index contributed by atoms with van der Waals surface area (Å²) in [5, 5.41) is 11.8. The Morgan fingerprint density at radius 2 is 1.76 bits per heavy atom. The number of aromatic nitrogens is 2. The smallest absolute Gasteiger partial charge is 0.238 e. The molecule has 0 unspecified atom stereocenters. The SMILES string of the molecule is COc1c(F)cc(-c2c[nH]nc2-c2ccccc2S(N)(=O)=O)cc1F. The van der Waals surface area contributed by atoms with Crippen LogP contribution in [-0.2, 0) is 10.0 Å². The lowest BCUT2D eigenvalue weighted by Crippen LogP contribution is -2.13. The highest BCUT2D eigenvalue weighted by atomic mass is 32.2. The van der Waals surface area contributed by atoms with E-state index in [1.165, 1.54) is 24.4 Å². The van der Waals surface area contributed by atoms with Gasteiger partial charge in [0.1, 0.15) is 5.69 Å². The highest BCUT2D eigenvalue weighted by Gasteiger charge is 2.21. The van der Waals surface area contributed by atoms with Crippen molar-refractivity contribution in [3.05, 3.63) is 54.2 Å². The quantitative estimate of drug-likeness (QED) is 0.743. The van der Waals surface area contributed by atoms with Gasteiger partial charge >= 0.3 is 0 Å². The number of rotatable bonds is 4. The van der Waals surface area contributed by atoms with Gasteiger partial charge in [-0.1, -0.05) is 18.2 Å². The molecule has 1 heterocycles. The lowest BCUT2D eigenvalue weighted by molar-refractivity contribution is 0.360. The summed E-state index contributed by atoms with van der Waals surface area (Å²) in [6.45, 7) is 0. The lowest BCUT2D eigenvalue weighted by Gasteiger charge is -2.09. The molecule has 2 aromatic carbocycles. The first-order valence-corrected chi connectivity index (χ1v) is 8.57. The van der Waals surface area contributed by atoms with Gasteiger partial charge in [-0.2, -0.15) is 5.10 Å². The van der Waals surface area contributed by atoms with Crippen molar-refractivity contribution in [1.29, 1.82) is 0 Å². The maximum Gasteiger partial charge on any atom is 0.238 e. The van der Waals surface area contributed by atoms with Crippen molar-refractivity contribution in [2.45, 2.75) is 4.90 Å². The van der Waals surface area contributed by atoms with Gasteiger partial charge in [0.15, 0.2) is 17.4 Å². The van der Waals surface area contributed by atoms with Crippen molar-refractivity contribution in [3.8, 4) is 28.1 Å². The number of ether oxygens (including phenoxy) is 1. The van der Waals surface area contributed by atoms with E-state index in [1.54, 1.807) is 6.07 Å². The van der Waals surface area contributed by atoms with E-state index in [0.29, 0.717) is 5.56 Å². The van der Waals surface area contributed by atoms with E-state index in [4.69, 9.17) is 5.14 Å². The Hall–Kier alpha value is -2.78. The number of nitrogens with zero attached hydrogens (tertiary/aromatic N) is 1. The van der Waals surface area contributed by atoms with Crippen LogP contribution in [0.1, 0.15) is 0 Å². The number of nitrogens with two attached hydrogens (primary N) is 1. The summed E-state index contributed by atoms with van der Waals surface area (Å²) in [4.78, 5) is -0.141. The summed E-state index contributed by atoms with van der Waals surface area (Å²) < 4.78 is 56.2. The Kier molecular flexibility index (Phi) is 4.27. The third-order valence-electron chi connectivity index (χ3n) is 3.60. The average molecular weight is 365 g/mol. The number of H-pyrrole nitrogens is 1. The van der Waals surface area contributed by atoms with Crippen LogP contribution in [0.15, 0.2) is 47.5 Å². The fourth-order valence-corrected chi connectivity index (χ4v) is 3.28. The van der Waals surface area contributed by atoms with Crippen molar-refractivity contribution in [2.24, 2.45) is 5.14 Å². The molecule has 9 heteroatoms. The second-order valence-corrected chi connectivity index (χ2v) is 6.69. The molecule has 0 aliphatic heterocycles. The van der Waals surface area contributed by atoms with Crippen LogP contribution in [0, 0.1) is 11.6 Å². The first-order chi connectivity index (χ1) is 11.8. The second kappa shape index (κ2) is 6.26. The molecule has 1 aromatic heterocycles. The number of aromatic amines is 1. The molecule has 0 fully saturated rings. The molecule has 25 heavy (non-hydrogen) atoms. The van der Waals surface area contributed by atoms with Crippen LogP contribution in [0.3, 0.4) is 0 Å². The number of hydrogen-bond donors (Lipinski definition) is 2. The fraction of sp³-hybridized carbons (Fsp3) is 0.0625. The van der Waals surface area contributed by atoms with Crippen molar-refractivity contribution in [3.63, 3.8) is 0 Å². The Morgan fingerprint density at radius 1 is 1.12 bits per heavy atom. The molecule has 0 atom stereocenters. The van der Waals surface area contributed by atoms with Crippen molar-refractivity contribution in [1.82, 2.24) is 10.2 Å². The molecule has 0 aliphatic carbocycles. The first kappa shape index (κ1) is 17.1. The predicted molar refractivity (Wildman–Crippen MR) is 87.3 cm³/mol. The zero-order chi connectivity index (χ0) is 18.2. The number of methoxy groups -OCH3 is 1. The molecule has 130 valence electrons. The van der Waals surface area contributed by atoms with Crippen LogP contribution >= 0.6 is 0 Å². The average Bonchev–Trinajstić information content (AvgIpc) is 3.03. The fourth-order valence-electron chi connectivity index (χ4n) is 2.54. The van der Waals surface area contributed by atoms with E-state index in [-0.39, 0.29) is 21.7 Å².